The van der Waals surface area contributed by atoms with Crippen molar-refractivity contribution >= 4 is 5.69 Å². The van der Waals surface area contributed by atoms with E-state index in [1.807, 2.05) is 0 Å². The number of nitro groups is 1. The SMILES string of the molecule is Cc1ccc([N+](=O)[O-])c(OCCOCC(F)F)c1. The van der Waals surface area contributed by atoms with Gasteiger partial charge in [-0.3, -0.25) is 10.1 Å². The topological polar surface area (TPSA) is 61.6 Å². The van der Waals surface area contributed by atoms with Crippen molar-refractivity contribution in [3.05, 3.63) is 33.9 Å². The number of nitrogens with zero attached hydrogens (tertiary/aromatic N) is 1. The Balaban J connectivity index is 2.50. The fourth-order valence-corrected chi connectivity index (χ4v) is 1.27. The smallest absolute Gasteiger partial charge is 0.310 e. The highest BCUT2D eigenvalue weighted by Crippen LogP contribution is 2.27. The van der Waals surface area contributed by atoms with Gasteiger partial charge in [-0.05, 0) is 18.6 Å². The third-order valence-electron chi connectivity index (χ3n) is 2.04. The number of nitro benzene ring substituents is 1. The summed E-state index contributed by atoms with van der Waals surface area (Å²) in [5.74, 6) is 0.112. The highest BCUT2D eigenvalue weighted by molar-refractivity contribution is 5.48. The zero-order valence-electron chi connectivity index (χ0n) is 9.77. The second-order valence-corrected chi connectivity index (χ2v) is 3.54. The number of benzene rings is 1. The molecule has 0 amide bonds. The fraction of sp³-hybridized carbons (Fsp3) is 0.455. The zero-order valence-corrected chi connectivity index (χ0v) is 9.77. The molecule has 1 rings (SSSR count). The normalized spacial score (nSPS) is 10.7. The van der Waals surface area contributed by atoms with E-state index in [1.54, 1.807) is 13.0 Å². The van der Waals surface area contributed by atoms with Gasteiger partial charge in [-0.25, -0.2) is 8.78 Å². The Morgan fingerprint density at radius 3 is 2.72 bits per heavy atom. The van der Waals surface area contributed by atoms with Gasteiger partial charge < -0.3 is 9.47 Å². The number of hydrogen-bond donors (Lipinski definition) is 0. The first-order chi connectivity index (χ1) is 8.50. The summed E-state index contributed by atoms with van der Waals surface area (Å²) in [4.78, 5) is 10.1. The third kappa shape index (κ3) is 4.62. The molecule has 0 saturated carbocycles. The van der Waals surface area contributed by atoms with E-state index in [1.165, 1.54) is 12.1 Å². The van der Waals surface area contributed by atoms with Crippen LogP contribution < -0.4 is 4.74 Å². The summed E-state index contributed by atoms with van der Waals surface area (Å²) in [7, 11) is 0. The van der Waals surface area contributed by atoms with Gasteiger partial charge in [0.05, 0.1) is 11.5 Å². The zero-order chi connectivity index (χ0) is 13.5. The Labute approximate surface area is 102 Å². The van der Waals surface area contributed by atoms with Gasteiger partial charge in [-0.15, -0.1) is 0 Å². The van der Waals surface area contributed by atoms with Gasteiger partial charge in [-0.1, -0.05) is 6.07 Å². The Morgan fingerprint density at radius 2 is 2.11 bits per heavy atom. The summed E-state index contributed by atoms with van der Waals surface area (Å²) in [6.07, 6.45) is -2.53. The van der Waals surface area contributed by atoms with Gasteiger partial charge in [0.25, 0.3) is 6.43 Å². The summed E-state index contributed by atoms with van der Waals surface area (Å²) in [6, 6.07) is 4.45. The molecular formula is C11H13F2NO4. The lowest BCUT2D eigenvalue weighted by Crippen LogP contribution is -2.12. The second-order valence-electron chi connectivity index (χ2n) is 3.54. The van der Waals surface area contributed by atoms with E-state index in [0.29, 0.717) is 0 Å². The van der Waals surface area contributed by atoms with Crippen molar-refractivity contribution in [2.24, 2.45) is 0 Å². The first kappa shape index (κ1) is 14.3. The molecule has 0 atom stereocenters. The van der Waals surface area contributed by atoms with Crippen LogP contribution in [0.25, 0.3) is 0 Å². The van der Waals surface area contributed by atoms with E-state index in [2.05, 4.69) is 4.74 Å². The Hall–Kier alpha value is -1.76. The van der Waals surface area contributed by atoms with Crippen molar-refractivity contribution in [2.75, 3.05) is 19.8 Å². The number of alkyl halides is 2. The molecular weight excluding hydrogens is 248 g/mol. The monoisotopic (exact) mass is 261 g/mol. The lowest BCUT2D eigenvalue weighted by molar-refractivity contribution is -0.385. The molecule has 0 spiro atoms. The molecule has 1 aromatic rings. The first-order valence-corrected chi connectivity index (χ1v) is 5.24. The van der Waals surface area contributed by atoms with Gasteiger partial charge in [0.2, 0.25) is 0 Å². The lowest BCUT2D eigenvalue weighted by Gasteiger charge is -2.08. The van der Waals surface area contributed by atoms with Crippen LogP contribution in [0.2, 0.25) is 0 Å². The van der Waals surface area contributed by atoms with Crippen molar-refractivity contribution < 1.29 is 23.2 Å². The summed E-state index contributed by atoms with van der Waals surface area (Å²) < 4.78 is 33.3. The predicted octanol–water partition coefficient (Wildman–Crippen LogP) is 2.56. The Kier molecular flexibility index (Phi) is 5.44. The lowest BCUT2D eigenvalue weighted by atomic mass is 10.2. The molecule has 0 aliphatic carbocycles. The highest BCUT2D eigenvalue weighted by atomic mass is 19.3. The van der Waals surface area contributed by atoms with Crippen LogP contribution >= 0.6 is 0 Å². The van der Waals surface area contributed by atoms with Crippen LogP contribution in [0.3, 0.4) is 0 Å². The van der Waals surface area contributed by atoms with Crippen LogP contribution in [0, 0.1) is 17.0 Å². The molecule has 0 heterocycles. The van der Waals surface area contributed by atoms with Crippen LogP contribution in [0.15, 0.2) is 18.2 Å². The minimum absolute atomic E-state index is 0.0169. The van der Waals surface area contributed by atoms with E-state index < -0.39 is 18.0 Å². The average Bonchev–Trinajstić information content (AvgIpc) is 2.27. The Morgan fingerprint density at radius 1 is 1.39 bits per heavy atom. The largest absolute Gasteiger partial charge is 0.484 e. The van der Waals surface area contributed by atoms with Gasteiger partial charge in [0.15, 0.2) is 5.75 Å². The number of ether oxygens (including phenoxy) is 2. The molecule has 0 aliphatic rings. The maximum Gasteiger partial charge on any atom is 0.310 e. The molecule has 1 aromatic carbocycles. The predicted molar refractivity (Wildman–Crippen MR) is 60.2 cm³/mol. The van der Waals surface area contributed by atoms with Gasteiger partial charge in [0.1, 0.15) is 13.2 Å². The maximum absolute atomic E-state index is 11.8. The average molecular weight is 261 g/mol. The molecule has 18 heavy (non-hydrogen) atoms. The molecule has 0 unspecified atom stereocenters. The number of aryl methyl sites for hydroxylation is 1. The van der Waals surface area contributed by atoms with E-state index in [-0.39, 0.29) is 24.7 Å². The maximum atomic E-state index is 11.8. The van der Waals surface area contributed by atoms with E-state index >= 15 is 0 Å². The quantitative estimate of drug-likeness (QED) is 0.430. The summed E-state index contributed by atoms with van der Waals surface area (Å²) in [5.41, 5.74) is 0.651. The van der Waals surface area contributed by atoms with Crippen LogP contribution in [-0.4, -0.2) is 31.2 Å². The van der Waals surface area contributed by atoms with E-state index in [9.17, 15) is 18.9 Å². The number of rotatable bonds is 7. The van der Waals surface area contributed by atoms with E-state index in [4.69, 9.17) is 4.74 Å². The second kappa shape index (κ2) is 6.85. The standard InChI is InChI=1S/C11H13F2NO4/c1-8-2-3-9(14(15)16)10(6-8)18-5-4-17-7-11(12)13/h2-3,6,11H,4-5,7H2,1H3. The third-order valence-corrected chi connectivity index (χ3v) is 2.04. The van der Waals surface area contributed by atoms with E-state index in [0.717, 1.165) is 5.56 Å². The minimum Gasteiger partial charge on any atom is -0.484 e. The van der Waals surface area contributed by atoms with Crippen LogP contribution in [0.4, 0.5) is 14.5 Å². The van der Waals surface area contributed by atoms with Crippen LogP contribution in [0.1, 0.15) is 5.56 Å². The molecule has 0 radical (unpaired) electrons. The van der Waals surface area contributed by atoms with Crippen molar-refractivity contribution in [1.29, 1.82) is 0 Å². The molecule has 0 N–H and O–H groups in total. The molecule has 0 saturated heterocycles. The fourth-order valence-electron chi connectivity index (χ4n) is 1.27. The van der Waals surface area contributed by atoms with Gasteiger partial charge >= 0.3 is 5.69 Å². The van der Waals surface area contributed by atoms with Crippen molar-refractivity contribution in [2.45, 2.75) is 13.3 Å². The first-order valence-electron chi connectivity index (χ1n) is 5.24. The summed E-state index contributed by atoms with van der Waals surface area (Å²) in [5, 5.41) is 10.7. The molecule has 7 heteroatoms. The highest BCUT2D eigenvalue weighted by Gasteiger charge is 2.14. The Bertz CT molecular complexity index is 412. The van der Waals surface area contributed by atoms with Crippen LogP contribution in [-0.2, 0) is 4.74 Å². The minimum atomic E-state index is -2.53. The molecule has 0 bridgehead atoms. The van der Waals surface area contributed by atoms with Crippen LogP contribution in [0.5, 0.6) is 5.75 Å². The van der Waals surface area contributed by atoms with Crippen molar-refractivity contribution in [1.82, 2.24) is 0 Å². The summed E-state index contributed by atoms with van der Waals surface area (Å²) >= 11 is 0. The van der Waals surface area contributed by atoms with Crippen molar-refractivity contribution in [3.63, 3.8) is 0 Å². The van der Waals surface area contributed by atoms with Crippen molar-refractivity contribution in [3.8, 4) is 5.75 Å². The number of halogens is 2. The van der Waals surface area contributed by atoms with Gasteiger partial charge in [0, 0.05) is 6.07 Å². The molecule has 0 aromatic heterocycles. The van der Waals surface area contributed by atoms with Gasteiger partial charge in [-0.2, -0.15) is 0 Å². The molecule has 0 aliphatic heterocycles. The summed E-state index contributed by atoms with van der Waals surface area (Å²) in [6.45, 7) is 1.04. The molecule has 100 valence electrons. The number of hydrogen-bond acceptors (Lipinski definition) is 4. The molecule has 0 fully saturated rings. The molecule has 5 nitrogen and oxygen atoms in total.